The summed E-state index contributed by atoms with van der Waals surface area (Å²) in [5.74, 6) is 0.154. The average Bonchev–Trinajstić information content (AvgIpc) is 2.45. The maximum absolute atomic E-state index is 12.7. The number of benzene rings is 1. The van der Waals surface area contributed by atoms with Gasteiger partial charge in [-0.15, -0.1) is 12.4 Å². The lowest BCUT2D eigenvalue weighted by Gasteiger charge is -2.34. The van der Waals surface area contributed by atoms with Gasteiger partial charge in [-0.2, -0.15) is 0 Å². The number of hydrogen-bond donors (Lipinski definition) is 1. The van der Waals surface area contributed by atoms with Gasteiger partial charge in [0.2, 0.25) is 0 Å². The average molecular weight is 362 g/mol. The molecule has 1 amide bonds. The molecule has 112 valence electrons. The third-order valence-corrected chi connectivity index (χ3v) is 4.27. The van der Waals surface area contributed by atoms with Gasteiger partial charge in [-0.3, -0.25) is 4.79 Å². The molecule has 0 bridgehead atoms. The predicted molar refractivity (Wildman–Crippen MR) is 88.6 cm³/mol. The van der Waals surface area contributed by atoms with Crippen molar-refractivity contribution in [1.82, 2.24) is 10.2 Å². The number of nitrogens with zero attached hydrogens (tertiary/aromatic N) is 1. The van der Waals surface area contributed by atoms with E-state index in [-0.39, 0.29) is 18.3 Å². The molecule has 5 heteroatoms. The number of amides is 1. The van der Waals surface area contributed by atoms with Crippen molar-refractivity contribution in [3.05, 3.63) is 34.3 Å². The molecule has 1 heterocycles. The Hall–Kier alpha value is -0.580. The fraction of sp³-hybridized carbons (Fsp3) is 0.533. The Morgan fingerprint density at radius 2 is 2.00 bits per heavy atom. The summed E-state index contributed by atoms with van der Waals surface area (Å²) in [6, 6.07) is 8.07. The van der Waals surface area contributed by atoms with Crippen molar-refractivity contribution in [3.63, 3.8) is 0 Å². The van der Waals surface area contributed by atoms with Gasteiger partial charge >= 0.3 is 0 Å². The van der Waals surface area contributed by atoms with Crippen LogP contribution in [0.2, 0.25) is 0 Å². The molecule has 3 nitrogen and oxygen atoms in total. The minimum Gasteiger partial charge on any atom is -0.336 e. The Labute approximate surface area is 135 Å². The van der Waals surface area contributed by atoms with E-state index in [1.807, 2.05) is 24.3 Å². The minimum atomic E-state index is 0. The van der Waals surface area contributed by atoms with E-state index in [2.05, 4.69) is 33.1 Å². The molecule has 0 unspecified atom stereocenters. The lowest BCUT2D eigenvalue weighted by molar-refractivity contribution is 0.0641. The van der Waals surface area contributed by atoms with Crippen LogP contribution in [-0.4, -0.2) is 36.5 Å². The standard InChI is InChI=1S/C15H21BrN2O.ClH/c1-2-11-18(12-7-9-17-10-8-12)15(19)13-5-3-4-6-14(13)16;/h3-6,12,17H,2,7-11H2,1H3;1H. The van der Waals surface area contributed by atoms with Crippen LogP contribution in [0.5, 0.6) is 0 Å². The van der Waals surface area contributed by atoms with E-state index in [1.165, 1.54) is 0 Å². The van der Waals surface area contributed by atoms with Crippen LogP contribution in [0, 0.1) is 0 Å². The second-order valence-corrected chi connectivity index (χ2v) is 5.81. The molecule has 0 radical (unpaired) electrons. The lowest BCUT2D eigenvalue weighted by atomic mass is 10.0. The third kappa shape index (κ3) is 4.21. The van der Waals surface area contributed by atoms with Crippen molar-refractivity contribution in [1.29, 1.82) is 0 Å². The van der Waals surface area contributed by atoms with Crippen LogP contribution >= 0.6 is 28.3 Å². The minimum absolute atomic E-state index is 0. The first kappa shape index (κ1) is 17.5. The molecular formula is C15H22BrClN2O. The van der Waals surface area contributed by atoms with E-state index in [1.54, 1.807) is 0 Å². The third-order valence-electron chi connectivity index (χ3n) is 3.58. The van der Waals surface area contributed by atoms with E-state index < -0.39 is 0 Å². The summed E-state index contributed by atoms with van der Waals surface area (Å²) in [5, 5.41) is 3.35. The Morgan fingerprint density at radius 1 is 1.35 bits per heavy atom. The molecule has 1 aromatic rings. The maximum Gasteiger partial charge on any atom is 0.255 e. The fourth-order valence-corrected chi connectivity index (χ4v) is 3.05. The van der Waals surface area contributed by atoms with E-state index in [9.17, 15) is 4.79 Å². The molecule has 1 fully saturated rings. The summed E-state index contributed by atoms with van der Waals surface area (Å²) in [7, 11) is 0. The summed E-state index contributed by atoms with van der Waals surface area (Å²) < 4.78 is 0.884. The molecule has 1 N–H and O–H groups in total. The van der Waals surface area contributed by atoms with Crippen LogP contribution in [0.4, 0.5) is 0 Å². The summed E-state index contributed by atoms with van der Waals surface area (Å²) in [4.78, 5) is 14.8. The van der Waals surface area contributed by atoms with Crippen LogP contribution in [0.15, 0.2) is 28.7 Å². The topological polar surface area (TPSA) is 32.3 Å². The van der Waals surface area contributed by atoms with E-state index in [0.29, 0.717) is 6.04 Å². The maximum atomic E-state index is 12.7. The van der Waals surface area contributed by atoms with Crippen LogP contribution in [-0.2, 0) is 0 Å². The highest BCUT2D eigenvalue weighted by Gasteiger charge is 2.26. The highest BCUT2D eigenvalue weighted by molar-refractivity contribution is 9.10. The summed E-state index contributed by atoms with van der Waals surface area (Å²) in [6.45, 7) is 4.98. The lowest BCUT2D eigenvalue weighted by Crippen LogP contribution is -2.46. The number of nitrogens with one attached hydrogen (secondary N) is 1. The monoisotopic (exact) mass is 360 g/mol. The smallest absolute Gasteiger partial charge is 0.255 e. The predicted octanol–water partition coefficient (Wildman–Crippen LogP) is 3.48. The largest absolute Gasteiger partial charge is 0.336 e. The Balaban J connectivity index is 0.00000200. The Kier molecular flexibility index (Phi) is 7.56. The highest BCUT2D eigenvalue weighted by Crippen LogP contribution is 2.21. The van der Waals surface area contributed by atoms with E-state index in [4.69, 9.17) is 0 Å². The molecule has 1 aliphatic rings. The van der Waals surface area contributed by atoms with Crippen LogP contribution in [0.1, 0.15) is 36.5 Å². The number of hydrogen-bond acceptors (Lipinski definition) is 2. The fourth-order valence-electron chi connectivity index (χ4n) is 2.60. The zero-order valence-corrected chi connectivity index (χ0v) is 14.2. The van der Waals surface area contributed by atoms with Crippen molar-refractivity contribution in [3.8, 4) is 0 Å². The first-order valence-corrected chi connectivity index (χ1v) is 7.79. The van der Waals surface area contributed by atoms with Crippen molar-refractivity contribution in [2.45, 2.75) is 32.2 Å². The van der Waals surface area contributed by atoms with Crippen molar-refractivity contribution < 1.29 is 4.79 Å². The quantitative estimate of drug-likeness (QED) is 0.890. The number of carbonyl (C=O) groups excluding carboxylic acids is 1. The molecule has 0 spiro atoms. The van der Waals surface area contributed by atoms with Crippen molar-refractivity contribution in [2.24, 2.45) is 0 Å². The molecule has 0 atom stereocenters. The number of halogens is 2. The second-order valence-electron chi connectivity index (χ2n) is 4.96. The molecule has 0 aliphatic carbocycles. The van der Waals surface area contributed by atoms with Gasteiger partial charge in [0.25, 0.3) is 5.91 Å². The van der Waals surface area contributed by atoms with Crippen LogP contribution in [0.25, 0.3) is 0 Å². The SMILES string of the molecule is CCCN(C(=O)c1ccccc1Br)C1CCNCC1.Cl. The first-order valence-electron chi connectivity index (χ1n) is 7.00. The van der Waals surface area contributed by atoms with Gasteiger partial charge in [0.15, 0.2) is 0 Å². The molecule has 1 aromatic carbocycles. The van der Waals surface area contributed by atoms with Crippen molar-refractivity contribution in [2.75, 3.05) is 19.6 Å². The molecule has 0 saturated carbocycles. The van der Waals surface area contributed by atoms with Gasteiger partial charge in [0.05, 0.1) is 5.56 Å². The normalized spacial score (nSPS) is 15.5. The molecule has 0 aromatic heterocycles. The van der Waals surface area contributed by atoms with Crippen LogP contribution in [0.3, 0.4) is 0 Å². The zero-order valence-electron chi connectivity index (χ0n) is 11.8. The van der Waals surface area contributed by atoms with E-state index in [0.717, 1.165) is 48.9 Å². The zero-order chi connectivity index (χ0) is 13.7. The number of piperidine rings is 1. The van der Waals surface area contributed by atoms with Gasteiger partial charge in [0, 0.05) is 17.1 Å². The first-order chi connectivity index (χ1) is 9.24. The highest BCUT2D eigenvalue weighted by atomic mass is 79.9. The molecule has 1 saturated heterocycles. The van der Waals surface area contributed by atoms with Crippen LogP contribution < -0.4 is 5.32 Å². The number of rotatable bonds is 4. The van der Waals surface area contributed by atoms with Gasteiger partial charge in [-0.25, -0.2) is 0 Å². The van der Waals surface area contributed by atoms with Gasteiger partial charge in [-0.1, -0.05) is 19.1 Å². The summed E-state index contributed by atoms with van der Waals surface area (Å²) >= 11 is 3.48. The molecule has 2 rings (SSSR count). The van der Waals surface area contributed by atoms with Gasteiger partial charge < -0.3 is 10.2 Å². The second kappa shape index (κ2) is 8.65. The Bertz CT molecular complexity index is 436. The molecular weight excluding hydrogens is 340 g/mol. The number of carbonyl (C=O) groups is 1. The summed E-state index contributed by atoms with van der Waals surface area (Å²) in [6.07, 6.45) is 3.10. The van der Waals surface area contributed by atoms with Gasteiger partial charge in [-0.05, 0) is 60.4 Å². The molecule has 20 heavy (non-hydrogen) atoms. The Morgan fingerprint density at radius 3 is 2.60 bits per heavy atom. The van der Waals surface area contributed by atoms with Gasteiger partial charge in [0.1, 0.15) is 0 Å². The van der Waals surface area contributed by atoms with E-state index >= 15 is 0 Å². The molecule has 1 aliphatic heterocycles. The summed E-state index contributed by atoms with van der Waals surface area (Å²) in [5.41, 5.74) is 0.773. The van der Waals surface area contributed by atoms with Crippen molar-refractivity contribution >= 4 is 34.2 Å².